The molecule has 0 unspecified atom stereocenters. The number of carbonyl (C=O) groups is 1. The molecule has 0 fully saturated rings. The van der Waals surface area contributed by atoms with E-state index in [1.807, 2.05) is 54.7 Å². The fourth-order valence-corrected chi connectivity index (χ4v) is 3.07. The molecule has 3 aromatic carbocycles. The van der Waals surface area contributed by atoms with Crippen LogP contribution in [0.5, 0.6) is 11.5 Å². The number of nitrogens with one attached hydrogen (secondary N) is 2. The van der Waals surface area contributed by atoms with E-state index in [9.17, 15) is 4.79 Å². The summed E-state index contributed by atoms with van der Waals surface area (Å²) in [4.78, 5) is 15.1. The van der Waals surface area contributed by atoms with Gasteiger partial charge in [0.2, 0.25) is 0 Å². The van der Waals surface area contributed by atoms with E-state index in [0.717, 1.165) is 27.8 Å². The van der Waals surface area contributed by atoms with Crippen molar-refractivity contribution in [3.8, 4) is 11.5 Å². The Balaban J connectivity index is 1.34. The van der Waals surface area contributed by atoms with Gasteiger partial charge in [-0.2, -0.15) is 5.10 Å². The number of benzene rings is 3. The number of aromatic amines is 1. The zero-order valence-corrected chi connectivity index (χ0v) is 17.3. The molecule has 1 aromatic heterocycles. The number of carbonyl (C=O) groups excluding carboxylic acids is 1. The molecule has 4 rings (SSSR count). The van der Waals surface area contributed by atoms with Crippen molar-refractivity contribution in [1.82, 2.24) is 10.4 Å². The first kappa shape index (κ1) is 20.5. The fourth-order valence-electron chi connectivity index (χ4n) is 2.94. The molecule has 156 valence electrons. The zero-order chi connectivity index (χ0) is 21.5. The zero-order valence-electron chi connectivity index (χ0n) is 16.5. The summed E-state index contributed by atoms with van der Waals surface area (Å²) in [5, 5.41) is 5.58. The number of hydrogen-bond acceptors (Lipinski definition) is 4. The first-order chi connectivity index (χ1) is 15.2. The standard InChI is InChI=1S/C24H20ClN3O3/c25-19-6-8-20(9-7-19)31-16-24(29)28-27-14-18-13-26-23-11-10-21(12-22(18)23)30-15-17-4-2-1-3-5-17/h1-14,26H,15-16H2,(H,28,29)/b27-14-. The predicted molar refractivity (Wildman–Crippen MR) is 122 cm³/mol. The van der Waals surface area contributed by atoms with Gasteiger partial charge in [0.15, 0.2) is 6.61 Å². The van der Waals surface area contributed by atoms with Crippen molar-refractivity contribution in [2.75, 3.05) is 6.61 Å². The first-order valence-corrected chi connectivity index (χ1v) is 10.0. The molecule has 0 aliphatic heterocycles. The van der Waals surface area contributed by atoms with Crippen molar-refractivity contribution in [1.29, 1.82) is 0 Å². The normalized spacial score (nSPS) is 11.0. The molecule has 0 aliphatic rings. The van der Waals surface area contributed by atoms with Gasteiger partial charge in [-0.1, -0.05) is 41.9 Å². The Labute approximate surface area is 184 Å². The van der Waals surface area contributed by atoms with E-state index in [-0.39, 0.29) is 12.5 Å². The SMILES string of the molecule is O=C(COc1ccc(Cl)cc1)N/N=C\c1c[nH]c2ccc(OCc3ccccc3)cc12. The summed E-state index contributed by atoms with van der Waals surface area (Å²) in [6, 6.07) is 22.6. The summed E-state index contributed by atoms with van der Waals surface area (Å²) in [6.45, 7) is 0.341. The number of aromatic nitrogens is 1. The summed E-state index contributed by atoms with van der Waals surface area (Å²) in [5.41, 5.74) is 5.34. The lowest BCUT2D eigenvalue weighted by molar-refractivity contribution is -0.123. The van der Waals surface area contributed by atoms with Crippen molar-refractivity contribution in [3.05, 3.63) is 95.1 Å². The second kappa shape index (κ2) is 9.82. The molecule has 0 saturated carbocycles. The summed E-state index contributed by atoms with van der Waals surface area (Å²) in [6.07, 6.45) is 3.41. The molecule has 31 heavy (non-hydrogen) atoms. The minimum atomic E-state index is -0.363. The molecule has 0 spiro atoms. The van der Waals surface area contributed by atoms with Crippen LogP contribution < -0.4 is 14.9 Å². The molecule has 4 aromatic rings. The number of ether oxygens (including phenoxy) is 2. The van der Waals surface area contributed by atoms with Gasteiger partial charge >= 0.3 is 0 Å². The van der Waals surface area contributed by atoms with Crippen LogP contribution in [0.25, 0.3) is 10.9 Å². The van der Waals surface area contributed by atoms with E-state index < -0.39 is 0 Å². The minimum absolute atomic E-state index is 0.148. The Hall–Kier alpha value is -3.77. The van der Waals surface area contributed by atoms with Crippen LogP contribution in [0.4, 0.5) is 0 Å². The molecule has 0 atom stereocenters. The lowest BCUT2D eigenvalue weighted by atomic mass is 10.2. The van der Waals surface area contributed by atoms with E-state index in [1.165, 1.54) is 0 Å². The van der Waals surface area contributed by atoms with Crippen molar-refractivity contribution < 1.29 is 14.3 Å². The highest BCUT2D eigenvalue weighted by atomic mass is 35.5. The Morgan fingerprint density at radius 1 is 1.00 bits per heavy atom. The first-order valence-electron chi connectivity index (χ1n) is 9.65. The van der Waals surface area contributed by atoms with E-state index >= 15 is 0 Å². The molecule has 0 aliphatic carbocycles. The van der Waals surface area contributed by atoms with Crippen LogP contribution in [0.15, 0.2) is 84.1 Å². The van der Waals surface area contributed by atoms with Gasteiger partial charge in [-0.3, -0.25) is 4.79 Å². The molecule has 2 N–H and O–H groups in total. The van der Waals surface area contributed by atoms with Crippen molar-refractivity contribution in [3.63, 3.8) is 0 Å². The van der Waals surface area contributed by atoms with Crippen molar-refractivity contribution in [2.45, 2.75) is 6.61 Å². The van der Waals surface area contributed by atoms with Crippen molar-refractivity contribution >= 4 is 34.6 Å². The number of rotatable bonds is 8. The van der Waals surface area contributed by atoms with Gasteiger partial charge < -0.3 is 14.5 Å². The maximum atomic E-state index is 11.9. The van der Waals surface area contributed by atoms with Gasteiger partial charge in [0, 0.05) is 27.7 Å². The number of nitrogens with zero attached hydrogens (tertiary/aromatic N) is 1. The molecule has 0 bridgehead atoms. The molecular weight excluding hydrogens is 414 g/mol. The number of hydrogen-bond donors (Lipinski definition) is 2. The molecule has 0 saturated heterocycles. The van der Waals surface area contributed by atoms with Gasteiger partial charge in [-0.25, -0.2) is 5.43 Å². The third kappa shape index (κ3) is 5.65. The van der Waals surface area contributed by atoms with Crippen LogP contribution in [0, 0.1) is 0 Å². The van der Waals surface area contributed by atoms with Gasteiger partial charge in [0.05, 0.1) is 6.21 Å². The van der Waals surface area contributed by atoms with E-state index in [2.05, 4.69) is 15.5 Å². The molecule has 7 heteroatoms. The van der Waals surface area contributed by atoms with Crippen molar-refractivity contribution in [2.24, 2.45) is 5.10 Å². The lowest BCUT2D eigenvalue weighted by Gasteiger charge is -2.06. The number of hydrazone groups is 1. The maximum absolute atomic E-state index is 11.9. The van der Waals surface area contributed by atoms with E-state index in [0.29, 0.717) is 17.4 Å². The van der Waals surface area contributed by atoms with E-state index in [4.69, 9.17) is 21.1 Å². The number of H-pyrrole nitrogens is 1. The summed E-state index contributed by atoms with van der Waals surface area (Å²) in [5.74, 6) is 0.951. The van der Waals surface area contributed by atoms with Crippen LogP contribution in [0.1, 0.15) is 11.1 Å². The Morgan fingerprint density at radius 3 is 2.58 bits per heavy atom. The minimum Gasteiger partial charge on any atom is -0.489 e. The van der Waals surface area contributed by atoms with Crippen LogP contribution >= 0.6 is 11.6 Å². The Bertz CT molecular complexity index is 1190. The fraction of sp³-hybridized carbons (Fsp3) is 0.0833. The van der Waals surface area contributed by atoms with E-state index in [1.54, 1.807) is 30.5 Å². The van der Waals surface area contributed by atoms with Crippen LogP contribution in [-0.2, 0) is 11.4 Å². The predicted octanol–water partition coefficient (Wildman–Crippen LogP) is 4.93. The van der Waals surface area contributed by atoms with Gasteiger partial charge in [-0.05, 0) is 48.0 Å². The molecule has 1 amide bonds. The van der Waals surface area contributed by atoms with Gasteiger partial charge in [-0.15, -0.1) is 0 Å². The van der Waals surface area contributed by atoms with Crippen LogP contribution in [0.3, 0.4) is 0 Å². The number of amides is 1. The third-order valence-electron chi connectivity index (χ3n) is 4.51. The molecule has 6 nitrogen and oxygen atoms in total. The summed E-state index contributed by atoms with van der Waals surface area (Å²) >= 11 is 5.82. The highest BCUT2D eigenvalue weighted by molar-refractivity contribution is 6.30. The second-order valence-corrected chi connectivity index (χ2v) is 7.20. The average Bonchev–Trinajstić information content (AvgIpc) is 3.20. The smallest absolute Gasteiger partial charge is 0.277 e. The van der Waals surface area contributed by atoms with Crippen LogP contribution in [-0.4, -0.2) is 23.7 Å². The monoisotopic (exact) mass is 433 g/mol. The number of fused-ring (bicyclic) bond motifs is 1. The Morgan fingerprint density at radius 2 is 1.77 bits per heavy atom. The maximum Gasteiger partial charge on any atom is 0.277 e. The Kier molecular flexibility index (Phi) is 6.50. The highest BCUT2D eigenvalue weighted by Crippen LogP contribution is 2.23. The van der Waals surface area contributed by atoms with Crippen LogP contribution in [0.2, 0.25) is 5.02 Å². The summed E-state index contributed by atoms with van der Waals surface area (Å²) < 4.78 is 11.3. The lowest BCUT2D eigenvalue weighted by Crippen LogP contribution is -2.24. The topological polar surface area (TPSA) is 75.7 Å². The molecular formula is C24H20ClN3O3. The molecule has 0 radical (unpaired) electrons. The van der Waals surface area contributed by atoms with Gasteiger partial charge in [0.25, 0.3) is 5.91 Å². The quantitative estimate of drug-likeness (QED) is 0.305. The highest BCUT2D eigenvalue weighted by Gasteiger charge is 2.05. The largest absolute Gasteiger partial charge is 0.489 e. The average molecular weight is 434 g/mol. The number of halogens is 1. The molecule has 1 heterocycles. The summed E-state index contributed by atoms with van der Waals surface area (Å²) in [7, 11) is 0. The second-order valence-electron chi connectivity index (χ2n) is 6.76. The van der Waals surface area contributed by atoms with Gasteiger partial charge in [0.1, 0.15) is 18.1 Å². The third-order valence-corrected chi connectivity index (χ3v) is 4.76.